The Hall–Kier alpha value is -4.47. The molecule has 0 aliphatic carbocycles. The van der Waals surface area contributed by atoms with Gasteiger partial charge in [0.05, 0.1) is 17.2 Å². The van der Waals surface area contributed by atoms with E-state index in [1.807, 2.05) is 6.92 Å². The second-order valence-electron chi connectivity index (χ2n) is 9.91. The molecule has 2 atom stereocenters. The number of halogens is 4. The number of fused-ring (bicyclic) bond motifs is 1. The summed E-state index contributed by atoms with van der Waals surface area (Å²) >= 11 is 0. The lowest BCUT2D eigenvalue weighted by molar-refractivity contribution is -0.118. The lowest BCUT2D eigenvalue weighted by Crippen LogP contribution is -2.35. The van der Waals surface area contributed by atoms with E-state index in [1.165, 1.54) is 30.5 Å². The van der Waals surface area contributed by atoms with Crippen LogP contribution in [0.25, 0.3) is 22.4 Å². The van der Waals surface area contributed by atoms with Crippen molar-refractivity contribution in [2.75, 3.05) is 18.9 Å². The Bertz CT molecular complexity index is 1550. The van der Waals surface area contributed by atoms with Crippen LogP contribution in [0, 0.1) is 11.6 Å². The molecule has 40 heavy (non-hydrogen) atoms. The van der Waals surface area contributed by atoms with Crippen molar-refractivity contribution in [3.8, 4) is 22.4 Å². The van der Waals surface area contributed by atoms with Gasteiger partial charge in [-0.05, 0) is 47.5 Å². The number of nitrogens with one attached hydrogen (secondary N) is 2. The minimum absolute atomic E-state index is 0.00234. The minimum Gasteiger partial charge on any atom is -0.357 e. The summed E-state index contributed by atoms with van der Waals surface area (Å²) in [5.74, 6) is -2.97. The van der Waals surface area contributed by atoms with Crippen LogP contribution in [0.1, 0.15) is 46.8 Å². The summed E-state index contributed by atoms with van der Waals surface area (Å²) in [5.41, 5.74) is 3.85. The van der Waals surface area contributed by atoms with Gasteiger partial charge in [-0.2, -0.15) is 0 Å². The van der Waals surface area contributed by atoms with Gasteiger partial charge in [0, 0.05) is 48.9 Å². The molecule has 2 N–H and O–H groups in total. The molecule has 5 rings (SSSR count). The first-order valence-electron chi connectivity index (χ1n) is 12.7. The Morgan fingerprint density at radius 2 is 1.68 bits per heavy atom. The highest BCUT2D eigenvalue weighted by Gasteiger charge is 2.34. The summed E-state index contributed by atoms with van der Waals surface area (Å²) in [7, 11) is 1.72. The SMILES string of the molecule is CC1CN(C)C(=O)c2c1[nH]c(-c1ccnc(NC(=O)C(CC(F)F)c3ccc(F)cc3)c1)c2-c1ccc(F)cc1. The molecule has 2 amide bonds. The summed E-state index contributed by atoms with van der Waals surface area (Å²) in [6, 6.07) is 13.9. The van der Waals surface area contributed by atoms with Gasteiger partial charge < -0.3 is 15.2 Å². The van der Waals surface area contributed by atoms with Crippen LogP contribution >= 0.6 is 0 Å². The van der Waals surface area contributed by atoms with Crippen LogP contribution in [0.5, 0.6) is 0 Å². The van der Waals surface area contributed by atoms with Gasteiger partial charge in [0.1, 0.15) is 17.5 Å². The molecule has 2 unspecified atom stereocenters. The number of H-pyrrole nitrogens is 1. The van der Waals surface area contributed by atoms with Crippen molar-refractivity contribution in [1.82, 2.24) is 14.9 Å². The number of rotatable bonds is 7. The predicted molar refractivity (Wildman–Crippen MR) is 143 cm³/mol. The summed E-state index contributed by atoms with van der Waals surface area (Å²) in [5, 5.41) is 2.61. The van der Waals surface area contributed by atoms with E-state index in [9.17, 15) is 27.2 Å². The third-order valence-electron chi connectivity index (χ3n) is 7.07. The number of aromatic amines is 1. The smallest absolute Gasteiger partial charge is 0.256 e. The van der Waals surface area contributed by atoms with E-state index in [1.54, 1.807) is 36.2 Å². The third-order valence-corrected chi connectivity index (χ3v) is 7.07. The molecular formula is C30H26F4N4O2. The molecule has 4 aromatic rings. The first kappa shape index (κ1) is 27.1. The fourth-order valence-electron chi connectivity index (χ4n) is 5.14. The fourth-order valence-corrected chi connectivity index (χ4v) is 5.14. The first-order chi connectivity index (χ1) is 19.1. The number of carbonyl (C=O) groups excluding carboxylic acids is 2. The third kappa shape index (κ3) is 5.34. The molecule has 2 aromatic heterocycles. The fraction of sp³-hybridized carbons (Fsp3) is 0.233. The Labute approximate surface area is 228 Å². The van der Waals surface area contributed by atoms with E-state index in [0.29, 0.717) is 34.5 Å². The number of alkyl halides is 2. The van der Waals surface area contributed by atoms with Crippen molar-refractivity contribution in [1.29, 1.82) is 0 Å². The van der Waals surface area contributed by atoms with E-state index < -0.39 is 36.3 Å². The van der Waals surface area contributed by atoms with Crippen LogP contribution in [0.3, 0.4) is 0 Å². The molecular weight excluding hydrogens is 524 g/mol. The van der Waals surface area contributed by atoms with Crippen molar-refractivity contribution >= 4 is 17.6 Å². The van der Waals surface area contributed by atoms with Crippen molar-refractivity contribution < 1.29 is 27.2 Å². The Balaban J connectivity index is 1.54. The average molecular weight is 551 g/mol. The summed E-state index contributed by atoms with van der Waals surface area (Å²) in [6.07, 6.45) is -2.06. The number of hydrogen-bond acceptors (Lipinski definition) is 3. The van der Waals surface area contributed by atoms with Crippen LogP contribution in [0.4, 0.5) is 23.4 Å². The summed E-state index contributed by atoms with van der Waals surface area (Å²) in [6.45, 7) is 2.51. The number of likely N-dealkylation sites (N-methyl/N-ethyl adjacent to an activating group) is 1. The van der Waals surface area contributed by atoms with E-state index in [4.69, 9.17) is 0 Å². The number of anilines is 1. The second-order valence-corrected chi connectivity index (χ2v) is 9.91. The molecule has 2 aromatic carbocycles. The predicted octanol–water partition coefficient (Wildman–Crippen LogP) is 6.59. The van der Waals surface area contributed by atoms with Gasteiger partial charge in [-0.3, -0.25) is 9.59 Å². The maximum Gasteiger partial charge on any atom is 0.256 e. The van der Waals surface area contributed by atoms with Crippen LogP contribution in [-0.2, 0) is 4.79 Å². The van der Waals surface area contributed by atoms with Gasteiger partial charge in [-0.25, -0.2) is 22.5 Å². The van der Waals surface area contributed by atoms with E-state index in [2.05, 4.69) is 15.3 Å². The lowest BCUT2D eigenvalue weighted by Gasteiger charge is -2.28. The van der Waals surface area contributed by atoms with Crippen LogP contribution in [0.15, 0.2) is 66.9 Å². The average Bonchev–Trinajstić information content (AvgIpc) is 3.33. The van der Waals surface area contributed by atoms with Crippen molar-refractivity contribution in [2.45, 2.75) is 31.6 Å². The van der Waals surface area contributed by atoms with Crippen molar-refractivity contribution in [2.24, 2.45) is 0 Å². The standard InChI is InChI=1S/C30H26F4N4O2/c1-16-15-38(2)30(40)26-25(18-5-9-21(32)10-6-18)28(37-27(16)26)19-11-12-35-24(13-19)36-29(39)22(14-23(33)34)17-3-7-20(31)8-4-17/h3-13,16,22-23,37H,14-15H2,1-2H3,(H,35,36,39). The lowest BCUT2D eigenvalue weighted by atomic mass is 9.91. The zero-order valence-corrected chi connectivity index (χ0v) is 21.7. The molecule has 0 spiro atoms. The largest absolute Gasteiger partial charge is 0.357 e. The molecule has 10 heteroatoms. The normalized spacial score (nSPS) is 15.7. The maximum atomic E-state index is 13.8. The molecule has 6 nitrogen and oxygen atoms in total. The summed E-state index contributed by atoms with van der Waals surface area (Å²) in [4.78, 5) is 35.6. The Morgan fingerprint density at radius 1 is 1.02 bits per heavy atom. The summed E-state index contributed by atoms with van der Waals surface area (Å²) < 4.78 is 53.8. The van der Waals surface area contributed by atoms with Gasteiger partial charge in [0.25, 0.3) is 5.91 Å². The number of hydrogen-bond donors (Lipinski definition) is 2. The number of pyridine rings is 1. The number of amides is 2. The molecule has 0 saturated heterocycles. The molecule has 0 bridgehead atoms. The zero-order valence-electron chi connectivity index (χ0n) is 21.7. The molecule has 0 saturated carbocycles. The van der Waals surface area contributed by atoms with Crippen LogP contribution in [-0.4, -0.2) is 46.7 Å². The van der Waals surface area contributed by atoms with E-state index in [-0.39, 0.29) is 23.2 Å². The van der Waals surface area contributed by atoms with Gasteiger partial charge in [0.2, 0.25) is 12.3 Å². The highest BCUT2D eigenvalue weighted by Crippen LogP contribution is 2.42. The number of benzene rings is 2. The van der Waals surface area contributed by atoms with Gasteiger partial charge in [0.15, 0.2) is 0 Å². The highest BCUT2D eigenvalue weighted by atomic mass is 19.3. The molecule has 3 heterocycles. The van der Waals surface area contributed by atoms with E-state index in [0.717, 1.165) is 17.8 Å². The molecule has 1 aliphatic heterocycles. The van der Waals surface area contributed by atoms with Gasteiger partial charge in [-0.15, -0.1) is 0 Å². The highest BCUT2D eigenvalue weighted by molar-refractivity contribution is 6.07. The van der Waals surface area contributed by atoms with Gasteiger partial charge >= 0.3 is 0 Å². The van der Waals surface area contributed by atoms with Crippen LogP contribution in [0.2, 0.25) is 0 Å². The van der Waals surface area contributed by atoms with Gasteiger partial charge in [-0.1, -0.05) is 31.2 Å². The maximum absolute atomic E-state index is 13.8. The molecule has 1 aliphatic rings. The molecule has 206 valence electrons. The monoisotopic (exact) mass is 550 g/mol. The minimum atomic E-state index is -2.76. The topological polar surface area (TPSA) is 78.1 Å². The first-order valence-corrected chi connectivity index (χ1v) is 12.7. The van der Waals surface area contributed by atoms with E-state index >= 15 is 0 Å². The quantitative estimate of drug-likeness (QED) is 0.255. The molecule has 0 fully saturated rings. The number of carbonyl (C=O) groups is 2. The van der Waals surface area contributed by atoms with Crippen LogP contribution < -0.4 is 5.32 Å². The number of aromatic nitrogens is 2. The Kier molecular flexibility index (Phi) is 7.42. The van der Waals surface area contributed by atoms with Crippen molar-refractivity contribution in [3.05, 3.63) is 95.3 Å². The molecule has 0 radical (unpaired) electrons. The van der Waals surface area contributed by atoms with Crippen molar-refractivity contribution in [3.63, 3.8) is 0 Å². The number of nitrogens with zero attached hydrogens (tertiary/aromatic N) is 2. The zero-order chi connectivity index (χ0) is 28.6. The second kappa shape index (κ2) is 11.0. The Morgan fingerprint density at radius 3 is 2.33 bits per heavy atom.